The molecular formula is C20H24F2N2O3. The molecule has 1 amide bonds. The van der Waals surface area contributed by atoms with Gasteiger partial charge in [-0.25, -0.2) is 8.78 Å². The number of halogens is 2. The molecule has 0 bridgehead atoms. The number of hydrogen-bond donors (Lipinski definition) is 1. The maximum atomic E-state index is 13.8. The van der Waals surface area contributed by atoms with Crippen LogP contribution < -0.4 is 14.8 Å². The number of nitrogens with one attached hydrogen (secondary N) is 1. The molecule has 0 aliphatic carbocycles. The number of hydrogen-bond acceptors (Lipinski definition) is 4. The van der Waals surface area contributed by atoms with Gasteiger partial charge in [0.25, 0.3) is 0 Å². The van der Waals surface area contributed by atoms with Crippen molar-refractivity contribution in [1.82, 2.24) is 10.2 Å². The van der Waals surface area contributed by atoms with E-state index in [1.165, 1.54) is 18.2 Å². The molecule has 2 rings (SSSR count). The van der Waals surface area contributed by atoms with Crippen LogP contribution in [0.15, 0.2) is 36.4 Å². The summed E-state index contributed by atoms with van der Waals surface area (Å²) in [5, 5.41) is 2.80. The molecule has 0 aliphatic rings. The molecule has 2 aromatic rings. The quantitative estimate of drug-likeness (QED) is 0.729. The number of rotatable bonds is 9. The second kappa shape index (κ2) is 9.87. The molecule has 0 aliphatic heterocycles. The standard InChI is InChI=1S/C20H24F2N2O3/c1-4-24(12-15-16(21)6-5-7-17(15)22)13-20(25)23-11-14-8-9-18(26-2)19(10-14)27-3/h5-10H,4,11-13H2,1-3H3,(H,23,25). The minimum atomic E-state index is -0.612. The smallest absolute Gasteiger partial charge is 0.234 e. The van der Waals surface area contributed by atoms with E-state index in [-0.39, 0.29) is 24.6 Å². The Labute approximate surface area is 157 Å². The topological polar surface area (TPSA) is 50.8 Å². The highest BCUT2D eigenvalue weighted by Crippen LogP contribution is 2.27. The van der Waals surface area contributed by atoms with Crippen molar-refractivity contribution >= 4 is 5.91 Å². The zero-order valence-corrected chi connectivity index (χ0v) is 15.7. The lowest BCUT2D eigenvalue weighted by Crippen LogP contribution is -2.36. The molecule has 2 aromatic carbocycles. The number of likely N-dealkylation sites (N-methyl/N-ethyl adjacent to an activating group) is 1. The summed E-state index contributed by atoms with van der Waals surface area (Å²) in [6.07, 6.45) is 0. The molecule has 0 heterocycles. The summed E-state index contributed by atoms with van der Waals surface area (Å²) in [4.78, 5) is 13.9. The van der Waals surface area contributed by atoms with Crippen molar-refractivity contribution in [3.8, 4) is 11.5 Å². The third-order valence-electron chi connectivity index (χ3n) is 4.20. The summed E-state index contributed by atoms with van der Waals surface area (Å²) in [5.41, 5.74) is 0.816. The fourth-order valence-electron chi connectivity index (χ4n) is 2.64. The molecule has 5 nitrogen and oxygen atoms in total. The van der Waals surface area contributed by atoms with Crippen LogP contribution in [-0.4, -0.2) is 38.1 Å². The van der Waals surface area contributed by atoms with Gasteiger partial charge in [0.2, 0.25) is 5.91 Å². The number of carbonyl (C=O) groups is 1. The number of amides is 1. The van der Waals surface area contributed by atoms with Crippen molar-refractivity contribution in [2.75, 3.05) is 27.3 Å². The van der Waals surface area contributed by atoms with Crippen molar-refractivity contribution in [3.05, 3.63) is 59.2 Å². The van der Waals surface area contributed by atoms with E-state index in [0.717, 1.165) is 5.56 Å². The minimum Gasteiger partial charge on any atom is -0.493 e. The third-order valence-corrected chi connectivity index (χ3v) is 4.20. The first-order valence-corrected chi connectivity index (χ1v) is 8.61. The number of nitrogens with zero attached hydrogens (tertiary/aromatic N) is 1. The average Bonchev–Trinajstić information content (AvgIpc) is 2.68. The first-order chi connectivity index (χ1) is 13.0. The second-order valence-corrected chi connectivity index (χ2v) is 5.97. The van der Waals surface area contributed by atoms with Crippen LogP contribution >= 0.6 is 0 Å². The van der Waals surface area contributed by atoms with Crippen LogP contribution in [0.3, 0.4) is 0 Å². The van der Waals surface area contributed by atoms with Gasteiger partial charge in [0.1, 0.15) is 11.6 Å². The van der Waals surface area contributed by atoms with E-state index < -0.39 is 11.6 Å². The Morgan fingerprint density at radius 3 is 2.33 bits per heavy atom. The molecule has 1 N–H and O–H groups in total. The van der Waals surface area contributed by atoms with E-state index in [1.54, 1.807) is 31.3 Å². The fraction of sp³-hybridized carbons (Fsp3) is 0.350. The van der Waals surface area contributed by atoms with Gasteiger partial charge in [-0.1, -0.05) is 19.1 Å². The van der Waals surface area contributed by atoms with Crippen LogP contribution in [0.1, 0.15) is 18.1 Å². The molecule has 0 unspecified atom stereocenters. The van der Waals surface area contributed by atoms with Gasteiger partial charge in [-0.15, -0.1) is 0 Å². The number of benzene rings is 2. The van der Waals surface area contributed by atoms with Crippen molar-refractivity contribution in [1.29, 1.82) is 0 Å². The molecule has 0 saturated carbocycles. The minimum absolute atomic E-state index is 0.0266. The molecule has 27 heavy (non-hydrogen) atoms. The van der Waals surface area contributed by atoms with E-state index in [1.807, 2.05) is 13.0 Å². The molecule has 146 valence electrons. The molecule has 0 fully saturated rings. The van der Waals surface area contributed by atoms with E-state index >= 15 is 0 Å². The lowest BCUT2D eigenvalue weighted by Gasteiger charge is -2.20. The normalized spacial score (nSPS) is 10.7. The molecule has 7 heteroatoms. The highest BCUT2D eigenvalue weighted by atomic mass is 19.1. The number of ether oxygens (including phenoxy) is 2. The Balaban J connectivity index is 1.94. The fourth-order valence-corrected chi connectivity index (χ4v) is 2.64. The molecule has 0 saturated heterocycles. The average molecular weight is 378 g/mol. The van der Waals surface area contributed by atoms with E-state index in [0.29, 0.717) is 24.6 Å². The Morgan fingerprint density at radius 1 is 1.07 bits per heavy atom. The van der Waals surface area contributed by atoms with Crippen molar-refractivity contribution in [2.24, 2.45) is 0 Å². The molecule has 0 spiro atoms. The van der Waals surface area contributed by atoms with Crippen molar-refractivity contribution in [3.63, 3.8) is 0 Å². The maximum Gasteiger partial charge on any atom is 0.234 e. The van der Waals surface area contributed by atoms with Gasteiger partial charge in [-0.2, -0.15) is 0 Å². The predicted molar refractivity (Wildman–Crippen MR) is 98.7 cm³/mol. The van der Waals surface area contributed by atoms with Gasteiger partial charge in [0.05, 0.1) is 20.8 Å². The summed E-state index contributed by atoms with van der Waals surface area (Å²) < 4.78 is 38.0. The van der Waals surface area contributed by atoms with Gasteiger partial charge < -0.3 is 14.8 Å². The molecule has 0 atom stereocenters. The number of carbonyl (C=O) groups excluding carboxylic acids is 1. The predicted octanol–water partition coefficient (Wildman–Crippen LogP) is 3.12. The third kappa shape index (κ3) is 5.65. The van der Waals surface area contributed by atoms with E-state index in [4.69, 9.17) is 9.47 Å². The van der Waals surface area contributed by atoms with Crippen LogP contribution in [0.4, 0.5) is 8.78 Å². The lowest BCUT2D eigenvalue weighted by atomic mass is 10.2. The highest BCUT2D eigenvalue weighted by Gasteiger charge is 2.15. The van der Waals surface area contributed by atoms with Crippen LogP contribution in [0.5, 0.6) is 11.5 Å². The summed E-state index contributed by atoms with van der Waals surface area (Å²) in [6.45, 7) is 2.69. The largest absolute Gasteiger partial charge is 0.493 e. The van der Waals surface area contributed by atoms with Gasteiger partial charge in [0.15, 0.2) is 11.5 Å². The van der Waals surface area contributed by atoms with Crippen molar-refractivity contribution < 1.29 is 23.0 Å². The first-order valence-electron chi connectivity index (χ1n) is 8.61. The summed E-state index contributed by atoms with van der Waals surface area (Å²) in [5.74, 6) is -0.270. The maximum absolute atomic E-state index is 13.8. The Bertz CT molecular complexity index is 764. The van der Waals surface area contributed by atoms with Crippen LogP contribution in [0.25, 0.3) is 0 Å². The van der Waals surface area contributed by atoms with Crippen LogP contribution in [0, 0.1) is 11.6 Å². The first kappa shape index (κ1) is 20.6. The van der Waals surface area contributed by atoms with E-state index in [2.05, 4.69) is 5.32 Å². The van der Waals surface area contributed by atoms with Gasteiger partial charge in [-0.05, 0) is 36.4 Å². The van der Waals surface area contributed by atoms with Crippen molar-refractivity contribution in [2.45, 2.75) is 20.0 Å². The van der Waals surface area contributed by atoms with Crippen LogP contribution in [-0.2, 0) is 17.9 Å². The molecular weight excluding hydrogens is 354 g/mol. The highest BCUT2D eigenvalue weighted by molar-refractivity contribution is 5.78. The second-order valence-electron chi connectivity index (χ2n) is 5.97. The summed E-state index contributed by atoms with van der Waals surface area (Å²) in [6, 6.07) is 9.12. The Kier molecular flexibility index (Phi) is 7.55. The van der Waals surface area contributed by atoms with Gasteiger partial charge >= 0.3 is 0 Å². The molecule has 0 radical (unpaired) electrons. The zero-order chi connectivity index (χ0) is 19.8. The van der Waals surface area contributed by atoms with Gasteiger partial charge in [-0.3, -0.25) is 9.69 Å². The van der Waals surface area contributed by atoms with Gasteiger partial charge in [0, 0.05) is 18.7 Å². The summed E-state index contributed by atoms with van der Waals surface area (Å²) in [7, 11) is 3.10. The Hall–Kier alpha value is -2.67. The molecule has 0 aromatic heterocycles. The Morgan fingerprint density at radius 2 is 1.74 bits per heavy atom. The zero-order valence-electron chi connectivity index (χ0n) is 15.7. The number of methoxy groups -OCH3 is 2. The van der Waals surface area contributed by atoms with E-state index in [9.17, 15) is 13.6 Å². The summed E-state index contributed by atoms with van der Waals surface area (Å²) >= 11 is 0. The SMILES string of the molecule is CCN(CC(=O)NCc1ccc(OC)c(OC)c1)Cc1c(F)cccc1F. The lowest BCUT2D eigenvalue weighted by molar-refractivity contribution is -0.122. The van der Waals surface area contributed by atoms with Crippen LogP contribution in [0.2, 0.25) is 0 Å². The monoisotopic (exact) mass is 378 g/mol.